The van der Waals surface area contributed by atoms with Crippen molar-refractivity contribution in [1.82, 2.24) is 0 Å². The number of nitrogens with zero attached hydrogens (tertiary/aromatic N) is 2. The molecule has 5 heteroatoms. The van der Waals surface area contributed by atoms with Crippen molar-refractivity contribution in [2.45, 2.75) is 0 Å². The molecule has 0 unspecified atom stereocenters. The SMILES string of the molecule is C=Cc1ccc(/C(C[N+](=O)[O-])=N/O)cc1. The highest BCUT2D eigenvalue weighted by molar-refractivity contribution is 6.01. The summed E-state index contributed by atoms with van der Waals surface area (Å²) in [5, 5.41) is 21.8. The minimum atomic E-state index is -0.545. The Labute approximate surface area is 86.5 Å². The van der Waals surface area contributed by atoms with Gasteiger partial charge >= 0.3 is 0 Å². The molecule has 0 spiro atoms. The Morgan fingerprint density at radius 1 is 1.53 bits per heavy atom. The van der Waals surface area contributed by atoms with Gasteiger partial charge in [-0.1, -0.05) is 42.1 Å². The highest BCUT2D eigenvalue weighted by Crippen LogP contribution is 2.07. The van der Waals surface area contributed by atoms with Crippen molar-refractivity contribution in [2.75, 3.05) is 6.54 Å². The van der Waals surface area contributed by atoms with Gasteiger partial charge in [0.2, 0.25) is 6.54 Å². The highest BCUT2D eigenvalue weighted by atomic mass is 16.6. The number of benzene rings is 1. The molecule has 0 aromatic heterocycles. The van der Waals surface area contributed by atoms with Crippen LogP contribution in [-0.2, 0) is 0 Å². The van der Waals surface area contributed by atoms with Crippen molar-refractivity contribution in [3.8, 4) is 0 Å². The first-order chi connectivity index (χ1) is 7.17. The third-order valence-electron chi connectivity index (χ3n) is 1.88. The second-order valence-electron chi connectivity index (χ2n) is 2.86. The number of hydrogen-bond acceptors (Lipinski definition) is 4. The van der Waals surface area contributed by atoms with Crippen LogP contribution in [-0.4, -0.2) is 22.4 Å². The molecule has 0 atom stereocenters. The van der Waals surface area contributed by atoms with Crippen LogP contribution in [0.5, 0.6) is 0 Å². The number of nitro groups is 1. The van der Waals surface area contributed by atoms with Crippen LogP contribution in [0, 0.1) is 10.1 Å². The van der Waals surface area contributed by atoms with Crippen molar-refractivity contribution < 1.29 is 10.1 Å². The van der Waals surface area contributed by atoms with Crippen LogP contribution < -0.4 is 0 Å². The van der Waals surface area contributed by atoms with Crippen molar-refractivity contribution in [1.29, 1.82) is 0 Å². The van der Waals surface area contributed by atoms with Gasteiger partial charge in [-0.25, -0.2) is 0 Å². The van der Waals surface area contributed by atoms with Gasteiger partial charge in [0.05, 0.1) is 0 Å². The largest absolute Gasteiger partial charge is 0.410 e. The van der Waals surface area contributed by atoms with Gasteiger partial charge in [-0.3, -0.25) is 10.1 Å². The van der Waals surface area contributed by atoms with Crippen LogP contribution in [0.25, 0.3) is 6.08 Å². The summed E-state index contributed by atoms with van der Waals surface area (Å²) in [5.74, 6) is 0. The molecule has 0 bridgehead atoms. The lowest BCUT2D eigenvalue weighted by atomic mass is 10.1. The van der Waals surface area contributed by atoms with E-state index in [9.17, 15) is 10.1 Å². The second kappa shape index (κ2) is 4.90. The normalized spacial score (nSPS) is 11.1. The molecule has 0 aliphatic carbocycles. The molecule has 0 amide bonds. The predicted molar refractivity (Wildman–Crippen MR) is 56.7 cm³/mol. The van der Waals surface area contributed by atoms with Crippen LogP contribution in [0.4, 0.5) is 0 Å². The zero-order valence-corrected chi connectivity index (χ0v) is 7.96. The van der Waals surface area contributed by atoms with Crippen molar-refractivity contribution >= 4 is 11.8 Å². The van der Waals surface area contributed by atoms with Crippen molar-refractivity contribution in [3.63, 3.8) is 0 Å². The average molecular weight is 206 g/mol. The lowest BCUT2D eigenvalue weighted by Gasteiger charge is -2.00. The van der Waals surface area contributed by atoms with Crippen molar-refractivity contribution in [2.24, 2.45) is 5.16 Å². The van der Waals surface area contributed by atoms with Gasteiger partial charge in [-0.2, -0.15) is 0 Å². The standard InChI is InChI=1S/C10H10N2O3/c1-2-8-3-5-9(6-4-8)10(11-13)7-12(14)15/h2-6,13H,1,7H2/b11-10+. The fraction of sp³-hybridized carbons (Fsp3) is 0.100. The van der Waals surface area contributed by atoms with Crippen LogP contribution in [0.1, 0.15) is 11.1 Å². The molecule has 0 saturated heterocycles. The van der Waals surface area contributed by atoms with E-state index in [0.29, 0.717) is 5.56 Å². The van der Waals surface area contributed by atoms with Gasteiger partial charge in [-0.15, -0.1) is 0 Å². The molecule has 1 aromatic carbocycles. The first-order valence-corrected chi connectivity index (χ1v) is 4.23. The molecule has 0 fully saturated rings. The molecule has 0 aliphatic heterocycles. The molecule has 15 heavy (non-hydrogen) atoms. The van der Waals surface area contributed by atoms with E-state index in [1.165, 1.54) is 0 Å². The van der Waals surface area contributed by atoms with Crippen LogP contribution in [0.3, 0.4) is 0 Å². The van der Waals surface area contributed by atoms with E-state index in [1.54, 1.807) is 30.3 Å². The quantitative estimate of drug-likeness (QED) is 0.353. The lowest BCUT2D eigenvalue weighted by Crippen LogP contribution is -2.15. The summed E-state index contributed by atoms with van der Waals surface area (Å²) in [7, 11) is 0. The van der Waals surface area contributed by atoms with Crippen LogP contribution in [0.2, 0.25) is 0 Å². The molecular weight excluding hydrogens is 196 g/mol. The van der Waals surface area contributed by atoms with Crippen LogP contribution >= 0.6 is 0 Å². The Morgan fingerprint density at radius 2 is 2.13 bits per heavy atom. The van der Waals surface area contributed by atoms with Crippen LogP contribution in [0.15, 0.2) is 36.0 Å². The maximum Gasteiger partial charge on any atom is 0.249 e. The van der Waals surface area contributed by atoms with E-state index in [0.717, 1.165) is 5.56 Å². The van der Waals surface area contributed by atoms with Gasteiger partial charge < -0.3 is 5.21 Å². The summed E-state index contributed by atoms with van der Waals surface area (Å²) >= 11 is 0. The summed E-state index contributed by atoms with van der Waals surface area (Å²) in [6.07, 6.45) is 1.66. The number of oxime groups is 1. The van der Waals surface area contributed by atoms with Gasteiger partial charge in [-0.05, 0) is 5.56 Å². The van der Waals surface area contributed by atoms with E-state index in [2.05, 4.69) is 11.7 Å². The second-order valence-corrected chi connectivity index (χ2v) is 2.86. The monoisotopic (exact) mass is 206 g/mol. The van der Waals surface area contributed by atoms with Gasteiger partial charge in [0.15, 0.2) is 5.71 Å². The number of hydrogen-bond donors (Lipinski definition) is 1. The maximum atomic E-state index is 10.3. The minimum absolute atomic E-state index is 0.0376. The Bertz CT molecular complexity index is 396. The predicted octanol–water partition coefficient (Wildman–Crippen LogP) is 1.78. The Balaban J connectivity index is 2.93. The Kier molecular flexibility index (Phi) is 3.56. The van der Waals surface area contributed by atoms with E-state index in [1.807, 2.05) is 0 Å². The molecule has 1 aromatic rings. The fourth-order valence-corrected chi connectivity index (χ4v) is 1.11. The fourth-order valence-electron chi connectivity index (χ4n) is 1.11. The molecule has 0 saturated carbocycles. The zero-order chi connectivity index (χ0) is 11.3. The molecule has 0 heterocycles. The zero-order valence-electron chi connectivity index (χ0n) is 7.96. The maximum absolute atomic E-state index is 10.3. The summed E-state index contributed by atoms with van der Waals surface area (Å²) < 4.78 is 0. The average Bonchev–Trinajstić information content (AvgIpc) is 2.26. The molecule has 0 radical (unpaired) electrons. The van der Waals surface area contributed by atoms with Crippen molar-refractivity contribution in [3.05, 3.63) is 52.1 Å². The molecule has 0 aliphatic rings. The van der Waals surface area contributed by atoms with Gasteiger partial charge in [0.1, 0.15) is 0 Å². The Morgan fingerprint density at radius 3 is 2.53 bits per heavy atom. The van der Waals surface area contributed by atoms with Gasteiger partial charge in [0.25, 0.3) is 0 Å². The summed E-state index contributed by atoms with van der Waals surface area (Å²) in [4.78, 5) is 9.72. The first-order valence-electron chi connectivity index (χ1n) is 4.23. The Hall–Kier alpha value is -2.17. The highest BCUT2D eigenvalue weighted by Gasteiger charge is 2.10. The molecule has 1 N–H and O–H groups in total. The summed E-state index contributed by atoms with van der Waals surface area (Å²) in [5.41, 5.74) is 1.47. The third-order valence-corrected chi connectivity index (χ3v) is 1.88. The molecule has 1 rings (SSSR count). The van der Waals surface area contributed by atoms with E-state index < -0.39 is 11.5 Å². The minimum Gasteiger partial charge on any atom is -0.410 e. The summed E-state index contributed by atoms with van der Waals surface area (Å²) in [6.45, 7) is 3.09. The number of rotatable bonds is 4. The molecular formula is C10H10N2O3. The lowest BCUT2D eigenvalue weighted by molar-refractivity contribution is -0.463. The van der Waals surface area contributed by atoms with E-state index >= 15 is 0 Å². The topological polar surface area (TPSA) is 75.7 Å². The molecule has 5 nitrogen and oxygen atoms in total. The molecule has 78 valence electrons. The smallest absolute Gasteiger partial charge is 0.249 e. The van der Waals surface area contributed by atoms with Gasteiger partial charge in [0, 0.05) is 10.5 Å². The third kappa shape index (κ3) is 2.91. The summed E-state index contributed by atoms with van der Waals surface area (Å²) in [6, 6.07) is 6.78. The van der Waals surface area contributed by atoms with E-state index in [-0.39, 0.29) is 5.71 Å². The first kappa shape index (κ1) is 10.9. The van der Waals surface area contributed by atoms with E-state index in [4.69, 9.17) is 5.21 Å².